The Hall–Kier alpha value is -1.32. The van der Waals surface area contributed by atoms with Gasteiger partial charge in [0.25, 0.3) is 0 Å². The zero-order valence-electron chi connectivity index (χ0n) is 14.4. The predicted octanol–water partition coefficient (Wildman–Crippen LogP) is 7.47. The predicted molar refractivity (Wildman–Crippen MR) is 134 cm³/mol. The van der Waals surface area contributed by atoms with Gasteiger partial charge in [0.15, 0.2) is 0 Å². The van der Waals surface area contributed by atoms with E-state index in [1.165, 1.54) is 33.6 Å². The van der Waals surface area contributed by atoms with Gasteiger partial charge in [0.05, 0.1) is 11.0 Å². The van der Waals surface area contributed by atoms with E-state index in [-0.39, 0.29) is 0 Å². The van der Waals surface area contributed by atoms with Crippen LogP contribution >= 0.6 is 56.9 Å². The second kappa shape index (κ2) is 6.93. The van der Waals surface area contributed by atoms with E-state index in [1.54, 1.807) is 11.8 Å². The Morgan fingerprint density at radius 2 is 1.41 bits per heavy atom. The number of thioether (sulfide) groups is 1. The molecule has 5 aromatic rings. The van der Waals surface area contributed by atoms with Crippen molar-refractivity contribution in [3.63, 3.8) is 0 Å². The molecule has 0 fully saturated rings. The molecule has 0 bridgehead atoms. The largest absolute Gasteiger partial charge is 0.337 e. The second-order valence-corrected chi connectivity index (χ2v) is 9.79. The average Bonchev–Trinajstić information content (AvgIpc) is 3.14. The third-order valence-corrected chi connectivity index (χ3v) is 6.93. The van der Waals surface area contributed by atoms with Gasteiger partial charge in [0.2, 0.25) is 0 Å². The normalized spacial score (nSPS) is 11.7. The number of nitrogens with one attached hydrogen (secondary N) is 1. The van der Waals surface area contributed by atoms with Crippen LogP contribution in [0.2, 0.25) is 0 Å². The summed E-state index contributed by atoms with van der Waals surface area (Å²) in [5.74, 6) is 0.921. The van der Waals surface area contributed by atoms with Crippen molar-refractivity contribution in [2.75, 3.05) is 6.26 Å². The fourth-order valence-electron chi connectivity index (χ4n) is 3.55. The molecule has 0 aliphatic heterocycles. The van der Waals surface area contributed by atoms with Crippen LogP contribution in [0.25, 0.3) is 44.0 Å². The fourth-order valence-corrected chi connectivity index (χ4v) is 4.94. The van der Waals surface area contributed by atoms with Crippen LogP contribution in [-0.4, -0.2) is 16.2 Å². The smallest absolute Gasteiger partial charge is 0.138 e. The molecule has 0 radical (unpaired) electrons. The first-order valence-corrected chi connectivity index (χ1v) is 11.9. The number of H-pyrrole nitrogens is 1. The highest BCUT2D eigenvalue weighted by molar-refractivity contribution is 14.1. The number of rotatable bonds is 2. The molecule has 2 nitrogen and oxygen atoms in total. The summed E-state index contributed by atoms with van der Waals surface area (Å²) in [4.78, 5) is 9.89. The summed E-state index contributed by atoms with van der Waals surface area (Å²) in [5.41, 5.74) is 3.27. The molecule has 0 aliphatic carbocycles. The fraction of sp³-hybridized carbons (Fsp3) is 0.0455. The third-order valence-electron chi connectivity index (χ3n) is 4.85. The van der Waals surface area contributed by atoms with Crippen molar-refractivity contribution >= 4 is 89.5 Å². The molecule has 27 heavy (non-hydrogen) atoms. The summed E-state index contributed by atoms with van der Waals surface area (Å²) in [7, 11) is 0. The van der Waals surface area contributed by atoms with E-state index in [1.807, 2.05) is 0 Å². The van der Waals surface area contributed by atoms with Crippen LogP contribution in [0.5, 0.6) is 0 Å². The van der Waals surface area contributed by atoms with E-state index in [0.29, 0.717) is 0 Å². The van der Waals surface area contributed by atoms with E-state index in [9.17, 15) is 0 Å². The van der Waals surface area contributed by atoms with E-state index >= 15 is 0 Å². The summed E-state index contributed by atoms with van der Waals surface area (Å²) >= 11 is 6.50. The number of fused-ring (bicyclic) bond motifs is 6. The summed E-state index contributed by atoms with van der Waals surface area (Å²) in [6.07, 6.45) is 2.09. The third kappa shape index (κ3) is 3.03. The van der Waals surface area contributed by atoms with Crippen molar-refractivity contribution in [3.8, 4) is 11.4 Å². The van der Waals surface area contributed by atoms with Gasteiger partial charge >= 0.3 is 0 Å². The first kappa shape index (κ1) is 17.8. The van der Waals surface area contributed by atoms with Crippen molar-refractivity contribution in [2.24, 2.45) is 0 Å². The zero-order valence-corrected chi connectivity index (χ0v) is 19.5. The number of aromatic amines is 1. The molecule has 0 aliphatic rings. The topological polar surface area (TPSA) is 28.7 Å². The first-order chi connectivity index (χ1) is 13.1. The molecule has 5 rings (SSSR count). The van der Waals surface area contributed by atoms with Gasteiger partial charge in [-0.3, -0.25) is 0 Å². The standard InChI is InChI=1S/C22H14I2N2S/c1-27-15-6-2-12(3-7-15)22-25-20-18-10-13(23)4-8-16(18)17-9-5-14(24)11-19(17)21(20)26-22/h2-11H,1H3,(H,25,26). The molecule has 0 atom stereocenters. The highest BCUT2D eigenvalue weighted by Crippen LogP contribution is 2.36. The van der Waals surface area contributed by atoms with Crippen LogP contribution < -0.4 is 0 Å². The Labute approximate surface area is 188 Å². The van der Waals surface area contributed by atoms with Crippen molar-refractivity contribution in [1.82, 2.24) is 9.97 Å². The Bertz CT molecular complexity index is 1250. The molecule has 0 spiro atoms. The lowest BCUT2D eigenvalue weighted by Gasteiger charge is -2.07. The molecule has 1 aromatic heterocycles. The summed E-state index contributed by atoms with van der Waals surface area (Å²) < 4.78 is 2.45. The quantitative estimate of drug-likeness (QED) is 0.131. The molecule has 1 N–H and O–H groups in total. The van der Waals surface area contributed by atoms with Gasteiger partial charge in [-0.15, -0.1) is 11.8 Å². The van der Waals surface area contributed by atoms with Crippen molar-refractivity contribution in [2.45, 2.75) is 4.90 Å². The zero-order chi connectivity index (χ0) is 18.5. The molecule has 0 amide bonds. The van der Waals surface area contributed by atoms with Crippen LogP contribution in [0.1, 0.15) is 0 Å². The molecular weight excluding hydrogens is 578 g/mol. The van der Waals surface area contributed by atoms with E-state index in [2.05, 4.69) is 117 Å². The number of nitrogens with zero attached hydrogens (tertiary/aromatic N) is 1. The summed E-state index contributed by atoms with van der Waals surface area (Å²) in [6.45, 7) is 0. The van der Waals surface area contributed by atoms with E-state index in [0.717, 1.165) is 22.4 Å². The van der Waals surface area contributed by atoms with Gasteiger partial charge in [0.1, 0.15) is 5.82 Å². The van der Waals surface area contributed by atoms with Crippen molar-refractivity contribution < 1.29 is 0 Å². The van der Waals surface area contributed by atoms with Gasteiger partial charge in [-0.05, 0) is 98.6 Å². The minimum absolute atomic E-state index is 0.921. The molecule has 0 unspecified atom stereocenters. The van der Waals surface area contributed by atoms with Gasteiger partial charge < -0.3 is 4.98 Å². The molecule has 132 valence electrons. The van der Waals surface area contributed by atoms with Gasteiger partial charge in [-0.25, -0.2) is 4.98 Å². The van der Waals surface area contributed by atoms with Gasteiger partial charge in [-0.1, -0.05) is 24.3 Å². The number of benzene rings is 4. The monoisotopic (exact) mass is 592 g/mol. The summed E-state index contributed by atoms with van der Waals surface area (Å²) in [5, 5.41) is 4.95. The van der Waals surface area contributed by atoms with Crippen LogP contribution in [-0.2, 0) is 0 Å². The molecule has 5 heteroatoms. The SMILES string of the molecule is CSc1ccc(-c2nc3c4cc(I)ccc4c4ccc(I)cc4c3[nH]2)cc1. The lowest BCUT2D eigenvalue weighted by atomic mass is 10.0. The minimum Gasteiger partial charge on any atom is -0.337 e. The highest BCUT2D eigenvalue weighted by atomic mass is 127. The first-order valence-electron chi connectivity index (χ1n) is 8.48. The van der Waals surface area contributed by atoms with Crippen LogP contribution in [0.15, 0.2) is 65.6 Å². The average molecular weight is 592 g/mol. The second-order valence-electron chi connectivity index (χ2n) is 6.42. The number of imidazole rings is 1. The lowest BCUT2D eigenvalue weighted by Crippen LogP contribution is -1.84. The number of hydrogen-bond donors (Lipinski definition) is 1. The van der Waals surface area contributed by atoms with Crippen LogP contribution in [0.3, 0.4) is 0 Å². The summed E-state index contributed by atoms with van der Waals surface area (Å²) in [6, 6.07) is 21.8. The Balaban J connectivity index is 1.89. The maximum absolute atomic E-state index is 5.02. The van der Waals surface area contributed by atoms with Gasteiger partial charge in [0, 0.05) is 28.4 Å². The van der Waals surface area contributed by atoms with Crippen LogP contribution in [0, 0.1) is 7.14 Å². The maximum Gasteiger partial charge on any atom is 0.138 e. The molecular formula is C22H14I2N2S. The van der Waals surface area contributed by atoms with Gasteiger partial charge in [-0.2, -0.15) is 0 Å². The Morgan fingerprint density at radius 1 is 0.778 bits per heavy atom. The van der Waals surface area contributed by atoms with E-state index < -0.39 is 0 Å². The van der Waals surface area contributed by atoms with Crippen molar-refractivity contribution in [1.29, 1.82) is 0 Å². The lowest BCUT2D eigenvalue weighted by molar-refractivity contribution is 1.32. The van der Waals surface area contributed by atoms with Crippen molar-refractivity contribution in [3.05, 3.63) is 67.8 Å². The highest BCUT2D eigenvalue weighted by Gasteiger charge is 2.14. The molecule has 0 saturated carbocycles. The Morgan fingerprint density at radius 3 is 2.07 bits per heavy atom. The maximum atomic E-state index is 5.02. The van der Waals surface area contributed by atoms with E-state index in [4.69, 9.17) is 4.98 Å². The Kier molecular flexibility index (Phi) is 4.56. The molecule has 4 aromatic carbocycles. The molecule has 1 heterocycles. The number of halogens is 2. The number of aromatic nitrogens is 2. The number of hydrogen-bond acceptors (Lipinski definition) is 2. The van der Waals surface area contributed by atoms with Crippen LogP contribution in [0.4, 0.5) is 0 Å². The molecule has 0 saturated heterocycles. The minimum atomic E-state index is 0.921.